The summed E-state index contributed by atoms with van der Waals surface area (Å²) in [5.41, 5.74) is 5.17. The van der Waals surface area contributed by atoms with Crippen molar-refractivity contribution < 1.29 is 18.3 Å². The molecule has 0 spiro atoms. The number of carbonyl (C=O) groups is 1. The van der Waals surface area contributed by atoms with Gasteiger partial charge in [-0.25, -0.2) is 13.6 Å². The van der Waals surface area contributed by atoms with Gasteiger partial charge in [-0.1, -0.05) is 6.92 Å². The summed E-state index contributed by atoms with van der Waals surface area (Å²) in [6.07, 6.45) is 0.911. The summed E-state index contributed by atoms with van der Waals surface area (Å²) in [5, 5.41) is 0. The van der Waals surface area contributed by atoms with Crippen LogP contribution in [0.4, 0.5) is 14.5 Å². The number of rotatable bonds is 4. The zero-order valence-corrected chi connectivity index (χ0v) is 11.6. The van der Waals surface area contributed by atoms with E-state index in [1.54, 1.807) is 0 Å². The van der Waals surface area contributed by atoms with Crippen LogP contribution in [0.5, 0.6) is 0 Å². The van der Waals surface area contributed by atoms with Gasteiger partial charge in [0.25, 0.3) is 0 Å². The molecule has 2 rings (SSSR count). The first-order valence-corrected chi connectivity index (χ1v) is 6.82. The van der Waals surface area contributed by atoms with E-state index in [0.29, 0.717) is 0 Å². The van der Waals surface area contributed by atoms with Gasteiger partial charge in [-0.15, -0.1) is 11.3 Å². The van der Waals surface area contributed by atoms with Crippen molar-refractivity contribution >= 4 is 23.0 Å². The molecule has 2 aromatic rings. The molecule has 6 heteroatoms. The number of esters is 1. The maximum atomic E-state index is 13.1. The number of hydrogen-bond donors (Lipinski definition) is 1. The number of aryl methyl sites for hydroxylation is 1. The van der Waals surface area contributed by atoms with Crippen molar-refractivity contribution in [2.75, 3.05) is 5.73 Å². The Morgan fingerprint density at radius 3 is 2.55 bits per heavy atom. The topological polar surface area (TPSA) is 52.3 Å². The van der Waals surface area contributed by atoms with Crippen molar-refractivity contribution in [3.8, 4) is 0 Å². The van der Waals surface area contributed by atoms with Crippen molar-refractivity contribution in [3.63, 3.8) is 0 Å². The second kappa shape index (κ2) is 6.00. The van der Waals surface area contributed by atoms with Crippen LogP contribution in [0.3, 0.4) is 0 Å². The van der Waals surface area contributed by atoms with Gasteiger partial charge in [-0.3, -0.25) is 0 Å². The van der Waals surface area contributed by atoms with Crippen LogP contribution in [0.15, 0.2) is 24.3 Å². The van der Waals surface area contributed by atoms with Crippen LogP contribution in [-0.4, -0.2) is 5.97 Å². The number of nitrogens with two attached hydrogens (primary N) is 1. The third kappa shape index (κ3) is 3.14. The number of anilines is 1. The van der Waals surface area contributed by atoms with E-state index in [9.17, 15) is 13.6 Å². The lowest BCUT2D eigenvalue weighted by Crippen LogP contribution is -2.09. The van der Waals surface area contributed by atoms with Gasteiger partial charge in [0, 0.05) is 21.5 Å². The Bertz CT molecular complexity index is 640. The molecule has 0 saturated heterocycles. The van der Waals surface area contributed by atoms with E-state index in [1.165, 1.54) is 16.2 Å². The lowest BCUT2D eigenvalue weighted by Gasteiger charge is -2.06. The minimum atomic E-state index is -1.13. The summed E-state index contributed by atoms with van der Waals surface area (Å²) in [6, 6.07) is 5.34. The second-order valence-corrected chi connectivity index (χ2v) is 5.40. The van der Waals surface area contributed by atoms with E-state index >= 15 is 0 Å². The summed E-state index contributed by atoms with van der Waals surface area (Å²) < 4.78 is 31.1. The number of ether oxygens (including phenoxy) is 1. The monoisotopic (exact) mass is 297 g/mol. The summed E-state index contributed by atoms with van der Waals surface area (Å²) >= 11 is 1.54. The Kier molecular flexibility index (Phi) is 4.34. The maximum absolute atomic E-state index is 13.1. The Labute approximate surface area is 119 Å². The summed E-state index contributed by atoms with van der Waals surface area (Å²) in [7, 11) is 0. The highest BCUT2D eigenvalue weighted by Gasteiger charge is 2.16. The molecule has 0 saturated carbocycles. The van der Waals surface area contributed by atoms with E-state index in [1.807, 2.05) is 19.1 Å². The molecule has 0 amide bonds. The summed E-state index contributed by atoms with van der Waals surface area (Å²) in [4.78, 5) is 13.9. The van der Waals surface area contributed by atoms with Gasteiger partial charge in [0.2, 0.25) is 0 Å². The quantitative estimate of drug-likeness (QED) is 0.694. The van der Waals surface area contributed by atoms with E-state index < -0.39 is 17.6 Å². The van der Waals surface area contributed by atoms with Gasteiger partial charge >= 0.3 is 5.97 Å². The molecular formula is C14H13F2NO2S. The number of carbonyl (C=O) groups excluding carboxylic acids is 1. The van der Waals surface area contributed by atoms with E-state index in [-0.39, 0.29) is 17.9 Å². The van der Waals surface area contributed by atoms with E-state index in [4.69, 9.17) is 10.5 Å². The fourth-order valence-electron chi connectivity index (χ4n) is 1.64. The number of halogens is 2. The molecule has 0 aliphatic rings. The van der Waals surface area contributed by atoms with Crippen LogP contribution in [0, 0.1) is 11.6 Å². The number of thiophene rings is 1. The Morgan fingerprint density at radius 2 is 1.90 bits per heavy atom. The molecule has 0 bridgehead atoms. The molecular weight excluding hydrogens is 284 g/mol. The van der Waals surface area contributed by atoms with E-state index in [2.05, 4.69) is 0 Å². The largest absolute Gasteiger partial charge is 0.456 e. The van der Waals surface area contributed by atoms with Gasteiger partial charge in [-0.05, 0) is 24.6 Å². The molecule has 1 aromatic carbocycles. The van der Waals surface area contributed by atoms with Gasteiger partial charge in [0.15, 0.2) is 11.6 Å². The van der Waals surface area contributed by atoms with Crippen molar-refractivity contribution in [2.45, 2.75) is 20.0 Å². The molecule has 1 aromatic heterocycles. The van der Waals surface area contributed by atoms with Crippen LogP contribution in [0.25, 0.3) is 0 Å². The zero-order chi connectivity index (χ0) is 14.7. The van der Waals surface area contributed by atoms with Crippen molar-refractivity contribution in [3.05, 3.63) is 51.2 Å². The first kappa shape index (κ1) is 14.5. The van der Waals surface area contributed by atoms with Crippen molar-refractivity contribution in [1.82, 2.24) is 0 Å². The fraction of sp³-hybridized carbons (Fsp3) is 0.214. The summed E-state index contributed by atoms with van der Waals surface area (Å²) in [6.45, 7) is 2.12. The molecule has 2 N–H and O–H groups in total. The lowest BCUT2D eigenvalue weighted by atomic mass is 10.1. The normalized spacial score (nSPS) is 10.6. The minimum absolute atomic E-state index is 0.0853. The van der Waals surface area contributed by atoms with Gasteiger partial charge < -0.3 is 10.5 Å². The minimum Gasteiger partial charge on any atom is -0.456 e. The lowest BCUT2D eigenvalue weighted by molar-refractivity contribution is 0.0477. The SMILES string of the molecule is CCc1ccc(COC(=O)c2cc(F)c(F)cc2N)s1. The Hall–Kier alpha value is -1.95. The van der Waals surface area contributed by atoms with Gasteiger partial charge in [0.1, 0.15) is 6.61 Å². The molecule has 3 nitrogen and oxygen atoms in total. The number of hydrogen-bond acceptors (Lipinski definition) is 4. The molecule has 1 heterocycles. The highest BCUT2D eigenvalue weighted by Crippen LogP contribution is 2.21. The van der Waals surface area contributed by atoms with Crippen LogP contribution in [0.2, 0.25) is 0 Å². The maximum Gasteiger partial charge on any atom is 0.340 e. The van der Waals surface area contributed by atoms with E-state index in [0.717, 1.165) is 23.4 Å². The fourth-order valence-corrected chi connectivity index (χ4v) is 2.51. The first-order chi connectivity index (χ1) is 9.51. The zero-order valence-electron chi connectivity index (χ0n) is 10.8. The average molecular weight is 297 g/mol. The number of nitrogen functional groups attached to an aromatic ring is 1. The molecule has 0 fully saturated rings. The molecule has 106 valence electrons. The van der Waals surface area contributed by atoms with Crippen LogP contribution < -0.4 is 5.73 Å². The smallest absolute Gasteiger partial charge is 0.340 e. The highest BCUT2D eigenvalue weighted by molar-refractivity contribution is 7.11. The van der Waals surface area contributed by atoms with Crippen LogP contribution in [0.1, 0.15) is 27.0 Å². The predicted octanol–water partition coefficient (Wildman–Crippen LogP) is 3.53. The molecule has 0 aliphatic heterocycles. The first-order valence-electron chi connectivity index (χ1n) is 6.00. The molecule has 20 heavy (non-hydrogen) atoms. The summed E-state index contributed by atoms with van der Waals surface area (Å²) in [5.74, 6) is -2.99. The standard InChI is InChI=1S/C14H13F2NO2S/c1-2-8-3-4-9(20-8)7-19-14(18)10-5-11(15)12(16)6-13(10)17/h3-6H,2,7,17H2,1H3. The predicted molar refractivity (Wildman–Crippen MR) is 73.6 cm³/mol. The average Bonchev–Trinajstić information content (AvgIpc) is 2.88. The van der Waals surface area contributed by atoms with Gasteiger partial charge in [-0.2, -0.15) is 0 Å². The third-order valence-electron chi connectivity index (χ3n) is 2.72. The van der Waals surface area contributed by atoms with Crippen molar-refractivity contribution in [1.29, 1.82) is 0 Å². The van der Waals surface area contributed by atoms with Crippen molar-refractivity contribution in [2.24, 2.45) is 0 Å². The molecule has 0 radical (unpaired) electrons. The molecule has 0 unspecified atom stereocenters. The Balaban J connectivity index is 2.07. The molecule has 0 aliphatic carbocycles. The number of benzene rings is 1. The van der Waals surface area contributed by atoms with Crippen LogP contribution >= 0.6 is 11.3 Å². The third-order valence-corrected chi connectivity index (χ3v) is 3.93. The Morgan fingerprint density at radius 1 is 1.25 bits per heavy atom. The van der Waals surface area contributed by atoms with Crippen LogP contribution in [-0.2, 0) is 17.8 Å². The highest BCUT2D eigenvalue weighted by atomic mass is 32.1. The second-order valence-electron chi connectivity index (χ2n) is 4.15. The molecule has 0 atom stereocenters. The van der Waals surface area contributed by atoms with Gasteiger partial charge in [0.05, 0.1) is 5.56 Å².